The third-order valence-electron chi connectivity index (χ3n) is 4.57. The summed E-state index contributed by atoms with van der Waals surface area (Å²) in [6.07, 6.45) is 5.72. The van der Waals surface area contributed by atoms with Crippen LogP contribution in [0.25, 0.3) is 11.4 Å². The molecule has 6 nitrogen and oxygen atoms in total. The number of benzene rings is 1. The highest BCUT2D eigenvalue weighted by molar-refractivity contribution is 7.99. The molecule has 28 heavy (non-hydrogen) atoms. The Labute approximate surface area is 172 Å². The van der Waals surface area contributed by atoms with Crippen LogP contribution < -0.4 is 5.32 Å². The number of hydrogen-bond acceptors (Lipinski definition) is 5. The summed E-state index contributed by atoms with van der Waals surface area (Å²) in [4.78, 5) is 16.5. The van der Waals surface area contributed by atoms with E-state index in [4.69, 9.17) is 11.6 Å². The molecule has 2 aromatic heterocycles. The molecule has 1 fully saturated rings. The first-order valence-electron chi connectivity index (χ1n) is 9.15. The highest BCUT2D eigenvalue weighted by Gasteiger charge is 2.30. The lowest BCUT2D eigenvalue weighted by Crippen LogP contribution is -2.28. The van der Waals surface area contributed by atoms with Gasteiger partial charge in [-0.2, -0.15) is 0 Å². The van der Waals surface area contributed by atoms with Crippen molar-refractivity contribution in [3.8, 4) is 11.4 Å². The highest BCUT2D eigenvalue weighted by atomic mass is 35.5. The molecule has 0 aliphatic heterocycles. The van der Waals surface area contributed by atoms with Crippen LogP contribution in [0.2, 0.25) is 5.02 Å². The number of pyridine rings is 1. The van der Waals surface area contributed by atoms with Crippen molar-refractivity contribution in [3.63, 3.8) is 0 Å². The molecule has 3 aromatic rings. The lowest BCUT2D eigenvalue weighted by atomic mass is 10.1. The summed E-state index contributed by atoms with van der Waals surface area (Å²) < 4.78 is 2.15. The molecule has 1 amide bonds. The Kier molecular flexibility index (Phi) is 5.64. The van der Waals surface area contributed by atoms with E-state index in [0.29, 0.717) is 11.1 Å². The summed E-state index contributed by atoms with van der Waals surface area (Å²) in [5.74, 6) is 1.07. The van der Waals surface area contributed by atoms with E-state index in [2.05, 4.69) is 25.1 Å². The zero-order valence-corrected chi connectivity index (χ0v) is 17.0. The van der Waals surface area contributed by atoms with Crippen molar-refractivity contribution in [1.82, 2.24) is 25.1 Å². The number of carbonyl (C=O) groups excluding carboxylic acids is 1. The second-order valence-electron chi connectivity index (χ2n) is 6.78. The van der Waals surface area contributed by atoms with Crippen molar-refractivity contribution in [2.75, 3.05) is 5.75 Å². The van der Waals surface area contributed by atoms with E-state index in [-0.39, 0.29) is 17.7 Å². The molecule has 1 atom stereocenters. The number of aromatic nitrogens is 4. The highest BCUT2D eigenvalue weighted by Crippen LogP contribution is 2.40. The van der Waals surface area contributed by atoms with Crippen LogP contribution in [-0.2, 0) is 4.79 Å². The van der Waals surface area contributed by atoms with Crippen LogP contribution in [0.15, 0.2) is 53.9 Å². The summed E-state index contributed by atoms with van der Waals surface area (Å²) in [7, 11) is 0. The average Bonchev–Trinajstić information content (AvgIpc) is 3.46. The van der Waals surface area contributed by atoms with Gasteiger partial charge in [0.2, 0.25) is 5.91 Å². The van der Waals surface area contributed by atoms with Crippen LogP contribution in [0.1, 0.15) is 37.4 Å². The topological polar surface area (TPSA) is 72.7 Å². The predicted octanol–water partition coefficient (Wildman–Crippen LogP) is 4.30. The second kappa shape index (κ2) is 8.32. The van der Waals surface area contributed by atoms with Gasteiger partial charge < -0.3 is 5.32 Å². The number of amides is 1. The van der Waals surface area contributed by atoms with E-state index in [1.54, 1.807) is 12.4 Å². The summed E-state index contributed by atoms with van der Waals surface area (Å²) in [6.45, 7) is 1.95. The first kappa shape index (κ1) is 19.0. The van der Waals surface area contributed by atoms with Gasteiger partial charge in [0.25, 0.3) is 0 Å². The monoisotopic (exact) mass is 413 g/mol. The molecule has 8 heteroatoms. The third kappa shape index (κ3) is 4.36. The zero-order chi connectivity index (χ0) is 19.5. The molecule has 1 aliphatic rings. The van der Waals surface area contributed by atoms with Crippen LogP contribution in [0, 0.1) is 0 Å². The van der Waals surface area contributed by atoms with Crippen LogP contribution in [-0.4, -0.2) is 31.4 Å². The molecule has 1 saturated carbocycles. The summed E-state index contributed by atoms with van der Waals surface area (Å²) in [6, 6.07) is 11.7. The number of rotatable bonds is 7. The minimum Gasteiger partial charge on any atom is -0.349 e. The van der Waals surface area contributed by atoms with Gasteiger partial charge in [-0.15, -0.1) is 10.2 Å². The zero-order valence-electron chi connectivity index (χ0n) is 15.4. The number of halogens is 1. The maximum Gasteiger partial charge on any atom is 0.230 e. The van der Waals surface area contributed by atoms with Crippen molar-refractivity contribution >= 4 is 29.3 Å². The Balaban J connectivity index is 1.42. The van der Waals surface area contributed by atoms with Crippen LogP contribution in [0.5, 0.6) is 0 Å². The van der Waals surface area contributed by atoms with Gasteiger partial charge in [-0.1, -0.05) is 35.5 Å². The first-order valence-corrected chi connectivity index (χ1v) is 10.5. The lowest BCUT2D eigenvalue weighted by Gasteiger charge is -2.14. The van der Waals surface area contributed by atoms with E-state index in [1.165, 1.54) is 11.8 Å². The molecule has 144 valence electrons. The van der Waals surface area contributed by atoms with E-state index in [0.717, 1.165) is 34.9 Å². The molecule has 0 spiro atoms. The van der Waals surface area contributed by atoms with E-state index in [9.17, 15) is 4.79 Å². The minimum atomic E-state index is -0.111. The molecule has 1 aliphatic carbocycles. The van der Waals surface area contributed by atoms with Gasteiger partial charge in [-0.3, -0.25) is 14.3 Å². The fourth-order valence-electron chi connectivity index (χ4n) is 3.01. The molecular weight excluding hydrogens is 394 g/mol. The molecule has 2 heterocycles. The molecule has 1 N–H and O–H groups in total. The quantitative estimate of drug-likeness (QED) is 0.584. The molecule has 0 saturated heterocycles. The summed E-state index contributed by atoms with van der Waals surface area (Å²) in [5.41, 5.74) is 1.97. The predicted molar refractivity (Wildman–Crippen MR) is 110 cm³/mol. The number of nitrogens with one attached hydrogen (secondary N) is 1. The van der Waals surface area contributed by atoms with Crippen LogP contribution >= 0.6 is 23.4 Å². The van der Waals surface area contributed by atoms with Gasteiger partial charge in [0.15, 0.2) is 11.0 Å². The van der Waals surface area contributed by atoms with Crippen molar-refractivity contribution in [3.05, 3.63) is 59.4 Å². The Hall–Kier alpha value is -2.38. The fourth-order valence-corrected chi connectivity index (χ4v) is 4.02. The van der Waals surface area contributed by atoms with Crippen LogP contribution in [0.3, 0.4) is 0 Å². The fraction of sp³-hybridized carbons (Fsp3) is 0.300. The molecule has 0 bridgehead atoms. The minimum absolute atomic E-state index is 0.0479. The smallest absolute Gasteiger partial charge is 0.230 e. The first-order chi connectivity index (χ1) is 13.6. The van der Waals surface area contributed by atoms with Gasteiger partial charge in [-0.25, -0.2) is 0 Å². The standard InChI is InChI=1S/C20H20ClN5OS/c1-13(15-3-2-4-16(21)11-15)23-18(27)12-28-20-25-24-19(26(20)17-5-6-17)14-7-9-22-10-8-14/h2-4,7-11,13,17H,5-6,12H2,1H3,(H,23,27)/t13-/m1/s1. The Morgan fingerprint density at radius 3 is 2.79 bits per heavy atom. The SMILES string of the molecule is C[C@@H](NC(=O)CSc1nnc(-c2ccncc2)n1C1CC1)c1cccc(Cl)c1. The average molecular weight is 414 g/mol. The van der Waals surface area contributed by atoms with Gasteiger partial charge in [0.1, 0.15) is 0 Å². The van der Waals surface area contributed by atoms with E-state index in [1.807, 2.05) is 43.3 Å². The number of hydrogen-bond donors (Lipinski definition) is 1. The van der Waals surface area contributed by atoms with Gasteiger partial charge in [0, 0.05) is 29.0 Å². The van der Waals surface area contributed by atoms with Gasteiger partial charge >= 0.3 is 0 Å². The summed E-state index contributed by atoms with van der Waals surface area (Å²) >= 11 is 7.45. The van der Waals surface area contributed by atoms with Gasteiger partial charge in [0.05, 0.1) is 11.8 Å². The van der Waals surface area contributed by atoms with Gasteiger partial charge in [-0.05, 0) is 49.6 Å². The maximum absolute atomic E-state index is 12.4. The van der Waals surface area contributed by atoms with Crippen molar-refractivity contribution in [1.29, 1.82) is 0 Å². The number of carbonyl (C=O) groups is 1. The lowest BCUT2D eigenvalue weighted by molar-refractivity contribution is -0.119. The number of nitrogens with zero attached hydrogens (tertiary/aromatic N) is 4. The largest absolute Gasteiger partial charge is 0.349 e. The molecule has 0 radical (unpaired) electrons. The number of thioether (sulfide) groups is 1. The summed E-state index contributed by atoms with van der Waals surface area (Å²) in [5, 5.41) is 13.1. The normalized spacial score (nSPS) is 14.6. The molecule has 1 aromatic carbocycles. The van der Waals surface area contributed by atoms with Crippen molar-refractivity contribution in [2.24, 2.45) is 0 Å². The molecular formula is C20H20ClN5OS. The van der Waals surface area contributed by atoms with Crippen molar-refractivity contribution < 1.29 is 4.79 Å². The Morgan fingerprint density at radius 2 is 2.07 bits per heavy atom. The third-order valence-corrected chi connectivity index (χ3v) is 5.75. The van der Waals surface area contributed by atoms with Crippen LogP contribution in [0.4, 0.5) is 0 Å². The maximum atomic E-state index is 12.4. The Morgan fingerprint density at radius 1 is 1.29 bits per heavy atom. The van der Waals surface area contributed by atoms with Crippen molar-refractivity contribution in [2.45, 2.75) is 37.0 Å². The van der Waals surface area contributed by atoms with E-state index >= 15 is 0 Å². The molecule has 0 unspecified atom stereocenters. The Bertz CT molecular complexity index is 974. The van der Waals surface area contributed by atoms with E-state index < -0.39 is 0 Å². The molecule has 4 rings (SSSR count). The second-order valence-corrected chi connectivity index (χ2v) is 8.16.